The number of piperazine rings is 1. The van der Waals surface area contributed by atoms with Gasteiger partial charge in [0.05, 0.1) is 12.7 Å². The van der Waals surface area contributed by atoms with E-state index < -0.39 is 0 Å². The van der Waals surface area contributed by atoms with Crippen LogP contribution in [0.5, 0.6) is 0 Å². The molecule has 7 nitrogen and oxygen atoms in total. The Morgan fingerprint density at radius 1 is 1.04 bits per heavy atom. The molecule has 0 bridgehead atoms. The second-order valence-electron chi connectivity index (χ2n) is 6.11. The number of anilines is 1. The van der Waals surface area contributed by atoms with Gasteiger partial charge in [-0.05, 0) is 19.1 Å². The zero-order valence-corrected chi connectivity index (χ0v) is 14.9. The summed E-state index contributed by atoms with van der Waals surface area (Å²) in [4.78, 5) is 38.6. The molecule has 0 N–H and O–H groups in total. The molecule has 0 unspecified atom stereocenters. The number of nitrogens with zero attached hydrogens (tertiary/aromatic N) is 5. The molecule has 2 amide bonds. The van der Waals surface area contributed by atoms with Crippen molar-refractivity contribution in [3.05, 3.63) is 54.6 Å². The van der Waals surface area contributed by atoms with Crippen molar-refractivity contribution >= 4 is 17.5 Å². The predicted molar refractivity (Wildman–Crippen MR) is 98.8 cm³/mol. The predicted octanol–water partition coefficient (Wildman–Crippen LogP) is 1.29. The Balaban J connectivity index is 1.54. The van der Waals surface area contributed by atoms with Crippen LogP contribution >= 0.6 is 0 Å². The zero-order chi connectivity index (χ0) is 18.4. The second-order valence-corrected chi connectivity index (χ2v) is 6.11. The summed E-state index contributed by atoms with van der Waals surface area (Å²) in [5.41, 5.74) is 1.38. The highest BCUT2D eigenvalue weighted by Gasteiger charge is 2.26. The van der Waals surface area contributed by atoms with Gasteiger partial charge in [0.15, 0.2) is 0 Å². The summed E-state index contributed by atoms with van der Waals surface area (Å²) in [6.45, 7) is 5.25. The van der Waals surface area contributed by atoms with Crippen LogP contribution in [0.2, 0.25) is 0 Å². The topological polar surface area (TPSA) is 69.6 Å². The van der Waals surface area contributed by atoms with Crippen LogP contribution in [-0.2, 0) is 4.79 Å². The summed E-state index contributed by atoms with van der Waals surface area (Å²) in [5.74, 6) is -0.0491. The Morgan fingerprint density at radius 3 is 2.35 bits per heavy atom. The lowest BCUT2D eigenvalue weighted by Gasteiger charge is -2.35. The van der Waals surface area contributed by atoms with Gasteiger partial charge in [-0.3, -0.25) is 14.6 Å². The van der Waals surface area contributed by atoms with Gasteiger partial charge in [0.25, 0.3) is 5.91 Å². The van der Waals surface area contributed by atoms with Gasteiger partial charge in [0.1, 0.15) is 5.69 Å². The van der Waals surface area contributed by atoms with E-state index in [1.54, 1.807) is 11.1 Å². The normalized spacial score (nSPS) is 14.2. The Labute approximate surface area is 153 Å². The Kier molecular flexibility index (Phi) is 5.78. The summed E-state index contributed by atoms with van der Waals surface area (Å²) in [6.07, 6.45) is 4.52. The molecule has 1 fully saturated rings. The molecule has 0 spiro atoms. The van der Waals surface area contributed by atoms with E-state index in [0.717, 1.165) is 12.2 Å². The number of carbonyl (C=O) groups excluding carboxylic acids is 2. The maximum atomic E-state index is 12.6. The van der Waals surface area contributed by atoms with Gasteiger partial charge < -0.3 is 14.7 Å². The average molecular weight is 353 g/mol. The standard InChI is InChI=1S/C19H23N5O2/c1-2-22(16-6-4-3-5-7-16)15-18(25)23-10-12-24(13-11-23)19(26)17-14-20-8-9-21-17/h3-9,14H,2,10-13,15H2,1H3. The lowest BCUT2D eigenvalue weighted by Crippen LogP contribution is -2.52. The molecular formula is C19H23N5O2. The molecule has 3 rings (SSSR count). The zero-order valence-electron chi connectivity index (χ0n) is 14.9. The maximum Gasteiger partial charge on any atom is 0.274 e. The number of amides is 2. The molecule has 0 radical (unpaired) electrons. The molecule has 1 aromatic heterocycles. The monoisotopic (exact) mass is 353 g/mol. The molecular weight excluding hydrogens is 330 g/mol. The molecule has 1 aliphatic rings. The maximum absolute atomic E-state index is 12.6. The first-order chi connectivity index (χ1) is 12.7. The summed E-state index contributed by atoms with van der Waals surface area (Å²) >= 11 is 0. The van der Waals surface area contributed by atoms with Gasteiger partial charge in [-0.2, -0.15) is 0 Å². The van der Waals surface area contributed by atoms with Crippen molar-refractivity contribution in [3.63, 3.8) is 0 Å². The van der Waals surface area contributed by atoms with E-state index in [1.165, 1.54) is 12.4 Å². The molecule has 136 valence electrons. The fraction of sp³-hybridized carbons (Fsp3) is 0.368. The van der Waals surface area contributed by atoms with Crippen LogP contribution in [0.3, 0.4) is 0 Å². The lowest BCUT2D eigenvalue weighted by molar-refractivity contribution is -0.131. The number of rotatable bonds is 5. The van der Waals surface area contributed by atoms with Crippen molar-refractivity contribution in [1.29, 1.82) is 0 Å². The van der Waals surface area contributed by atoms with E-state index in [0.29, 0.717) is 38.4 Å². The van der Waals surface area contributed by atoms with Crippen molar-refractivity contribution in [1.82, 2.24) is 19.8 Å². The van der Waals surface area contributed by atoms with Crippen LogP contribution < -0.4 is 4.90 Å². The minimum Gasteiger partial charge on any atom is -0.362 e. The summed E-state index contributed by atoms with van der Waals surface area (Å²) in [5, 5.41) is 0. The van der Waals surface area contributed by atoms with Gasteiger partial charge in [0.2, 0.25) is 5.91 Å². The van der Waals surface area contributed by atoms with Crippen molar-refractivity contribution in [3.8, 4) is 0 Å². The number of aromatic nitrogens is 2. The molecule has 1 aliphatic heterocycles. The first kappa shape index (κ1) is 17.8. The number of hydrogen-bond acceptors (Lipinski definition) is 5. The highest BCUT2D eigenvalue weighted by atomic mass is 16.2. The average Bonchev–Trinajstić information content (AvgIpc) is 2.72. The molecule has 1 aromatic carbocycles. The van der Waals surface area contributed by atoms with E-state index >= 15 is 0 Å². The van der Waals surface area contributed by atoms with Gasteiger partial charge >= 0.3 is 0 Å². The second kappa shape index (κ2) is 8.42. The first-order valence-corrected chi connectivity index (χ1v) is 8.82. The number of hydrogen-bond donors (Lipinski definition) is 0. The molecule has 7 heteroatoms. The van der Waals surface area contributed by atoms with Crippen molar-refractivity contribution in [2.24, 2.45) is 0 Å². The Bertz CT molecular complexity index is 730. The lowest BCUT2D eigenvalue weighted by atomic mass is 10.2. The van der Waals surface area contributed by atoms with E-state index in [1.807, 2.05) is 42.2 Å². The van der Waals surface area contributed by atoms with Crippen LogP contribution in [0, 0.1) is 0 Å². The Morgan fingerprint density at radius 2 is 1.73 bits per heavy atom. The van der Waals surface area contributed by atoms with Crippen molar-refractivity contribution < 1.29 is 9.59 Å². The van der Waals surface area contributed by atoms with E-state index in [2.05, 4.69) is 14.9 Å². The Hall–Kier alpha value is -2.96. The van der Waals surface area contributed by atoms with Crippen LogP contribution in [0.1, 0.15) is 17.4 Å². The fourth-order valence-electron chi connectivity index (χ4n) is 3.02. The highest BCUT2D eigenvalue weighted by molar-refractivity contribution is 5.92. The van der Waals surface area contributed by atoms with Gasteiger partial charge in [0, 0.05) is 50.8 Å². The molecule has 0 atom stereocenters. The first-order valence-electron chi connectivity index (χ1n) is 8.82. The van der Waals surface area contributed by atoms with Gasteiger partial charge in [-0.1, -0.05) is 18.2 Å². The van der Waals surface area contributed by atoms with Gasteiger partial charge in [-0.25, -0.2) is 4.98 Å². The van der Waals surface area contributed by atoms with Crippen LogP contribution in [0.15, 0.2) is 48.9 Å². The number of para-hydroxylation sites is 1. The van der Waals surface area contributed by atoms with Crippen molar-refractivity contribution in [2.75, 3.05) is 44.2 Å². The van der Waals surface area contributed by atoms with Gasteiger partial charge in [-0.15, -0.1) is 0 Å². The van der Waals surface area contributed by atoms with E-state index in [9.17, 15) is 9.59 Å². The van der Waals surface area contributed by atoms with E-state index in [-0.39, 0.29) is 11.8 Å². The summed E-state index contributed by atoms with van der Waals surface area (Å²) in [6, 6.07) is 9.92. The number of likely N-dealkylation sites (N-methyl/N-ethyl adjacent to an activating group) is 1. The molecule has 1 saturated heterocycles. The molecule has 2 heterocycles. The molecule has 0 saturated carbocycles. The van der Waals surface area contributed by atoms with Crippen LogP contribution in [0.25, 0.3) is 0 Å². The minimum absolute atomic E-state index is 0.0855. The fourth-order valence-corrected chi connectivity index (χ4v) is 3.02. The third-order valence-electron chi connectivity index (χ3n) is 4.53. The molecule has 26 heavy (non-hydrogen) atoms. The summed E-state index contributed by atoms with van der Waals surface area (Å²) in [7, 11) is 0. The highest BCUT2D eigenvalue weighted by Crippen LogP contribution is 2.14. The SMILES string of the molecule is CCN(CC(=O)N1CCN(C(=O)c2cnccn2)CC1)c1ccccc1. The van der Waals surface area contributed by atoms with Crippen molar-refractivity contribution in [2.45, 2.75) is 6.92 Å². The third-order valence-corrected chi connectivity index (χ3v) is 4.53. The van der Waals surface area contributed by atoms with E-state index in [4.69, 9.17) is 0 Å². The summed E-state index contributed by atoms with van der Waals surface area (Å²) < 4.78 is 0. The van der Waals surface area contributed by atoms with Crippen LogP contribution in [0.4, 0.5) is 5.69 Å². The number of carbonyl (C=O) groups is 2. The molecule has 0 aliphatic carbocycles. The van der Waals surface area contributed by atoms with Crippen LogP contribution in [-0.4, -0.2) is 70.9 Å². The third kappa shape index (κ3) is 4.17. The molecule has 2 aromatic rings. The largest absolute Gasteiger partial charge is 0.362 e. The smallest absolute Gasteiger partial charge is 0.274 e. The number of benzene rings is 1. The minimum atomic E-state index is -0.135. The quantitative estimate of drug-likeness (QED) is 0.810.